The summed E-state index contributed by atoms with van der Waals surface area (Å²) in [5.41, 5.74) is 1.82. The van der Waals surface area contributed by atoms with Crippen LogP contribution >= 0.6 is 0 Å². The van der Waals surface area contributed by atoms with Crippen LogP contribution in [-0.2, 0) is 20.9 Å². The number of likely N-dealkylation sites (N-methyl/N-ethyl adjacent to an activating group) is 1. The molecular weight excluding hydrogens is 444 g/mol. The lowest BCUT2D eigenvalue weighted by molar-refractivity contribution is -0.156. The highest BCUT2D eigenvalue weighted by molar-refractivity contribution is 5.94. The first kappa shape index (κ1) is 25.1. The molecule has 34 heavy (non-hydrogen) atoms. The summed E-state index contributed by atoms with van der Waals surface area (Å²) < 4.78 is 32.2. The fraction of sp³-hybridized carbons (Fsp3) is 0.400. The minimum atomic E-state index is -0.914. The Balaban J connectivity index is 1.43. The van der Waals surface area contributed by atoms with E-state index in [1.54, 1.807) is 7.05 Å². The Labute approximate surface area is 197 Å². The molecular formula is C25H29F2N3O4. The molecule has 1 aliphatic heterocycles. The van der Waals surface area contributed by atoms with Crippen LogP contribution in [0.1, 0.15) is 28.8 Å². The molecule has 0 aliphatic carbocycles. The molecule has 0 N–H and O–H groups in total. The number of hydrogen-bond acceptors (Lipinski definition) is 5. The van der Waals surface area contributed by atoms with Crippen molar-refractivity contribution in [3.63, 3.8) is 0 Å². The van der Waals surface area contributed by atoms with E-state index in [1.807, 2.05) is 43.3 Å². The molecule has 0 bridgehead atoms. The molecule has 0 radical (unpaired) electrons. The predicted molar refractivity (Wildman–Crippen MR) is 123 cm³/mol. The number of ether oxygens (including phenoxy) is 1. The second kappa shape index (κ2) is 11.1. The fourth-order valence-electron chi connectivity index (χ4n) is 3.77. The normalized spacial score (nSPS) is 14.0. The third kappa shape index (κ3) is 6.30. The van der Waals surface area contributed by atoms with Crippen LogP contribution in [0.5, 0.6) is 0 Å². The second-order valence-electron chi connectivity index (χ2n) is 8.61. The van der Waals surface area contributed by atoms with Gasteiger partial charge in [0.15, 0.2) is 6.61 Å². The van der Waals surface area contributed by atoms with Crippen molar-refractivity contribution >= 4 is 23.5 Å². The van der Waals surface area contributed by atoms with E-state index in [9.17, 15) is 23.2 Å². The van der Waals surface area contributed by atoms with Crippen molar-refractivity contribution in [2.24, 2.45) is 5.92 Å². The molecule has 2 amide bonds. The Hall–Kier alpha value is -3.49. The number of hydrogen-bond donors (Lipinski definition) is 0. The summed E-state index contributed by atoms with van der Waals surface area (Å²) >= 11 is 0. The van der Waals surface area contributed by atoms with Gasteiger partial charge in [-0.2, -0.15) is 0 Å². The van der Waals surface area contributed by atoms with Crippen molar-refractivity contribution in [2.45, 2.75) is 19.4 Å². The molecule has 0 saturated carbocycles. The molecule has 1 saturated heterocycles. The molecule has 3 rings (SSSR count). The van der Waals surface area contributed by atoms with Gasteiger partial charge in [0.05, 0.1) is 11.5 Å². The van der Waals surface area contributed by atoms with Crippen molar-refractivity contribution in [3.8, 4) is 0 Å². The van der Waals surface area contributed by atoms with Gasteiger partial charge in [0.2, 0.25) is 0 Å². The van der Waals surface area contributed by atoms with E-state index in [1.165, 1.54) is 9.80 Å². The number of likely N-dealkylation sites (tertiary alicyclic amines) is 1. The quantitative estimate of drug-likeness (QED) is 0.578. The average Bonchev–Trinajstić information content (AvgIpc) is 2.82. The summed E-state index contributed by atoms with van der Waals surface area (Å²) in [7, 11) is 5.55. The number of amides is 2. The summed E-state index contributed by atoms with van der Waals surface area (Å²) in [5.74, 6) is -3.46. The molecule has 1 aliphatic rings. The van der Waals surface area contributed by atoms with Crippen LogP contribution in [0.25, 0.3) is 0 Å². The maximum absolute atomic E-state index is 13.9. The Morgan fingerprint density at radius 1 is 1.00 bits per heavy atom. The third-order valence-corrected chi connectivity index (χ3v) is 5.91. The summed E-state index contributed by atoms with van der Waals surface area (Å²) in [5, 5.41) is 0. The lowest BCUT2D eigenvalue weighted by Crippen LogP contribution is -2.41. The number of esters is 1. The number of benzene rings is 2. The molecule has 0 unspecified atom stereocenters. The number of rotatable bonds is 7. The average molecular weight is 474 g/mol. The van der Waals surface area contributed by atoms with Crippen molar-refractivity contribution < 1.29 is 27.9 Å². The number of anilines is 1. The Morgan fingerprint density at radius 2 is 1.65 bits per heavy atom. The van der Waals surface area contributed by atoms with E-state index >= 15 is 0 Å². The third-order valence-electron chi connectivity index (χ3n) is 5.91. The Kier molecular flexibility index (Phi) is 8.20. The van der Waals surface area contributed by atoms with Gasteiger partial charge in [0.1, 0.15) is 11.6 Å². The van der Waals surface area contributed by atoms with E-state index in [2.05, 4.69) is 0 Å². The monoisotopic (exact) mass is 473 g/mol. The summed E-state index contributed by atoms with van der Waals surface area (Å²) in [6, 6.07) is 10.6. The molecule has 7 nitrogen and oxygen atoms in total. The van der Waals surface area contributed by atoms with Gasteiger partial charge in [0, 0.05) is 52.5 Å². The number of halogens is 2. The van der Waals surface area contributed by atoms with Crippen LogP contribution in [-0.4, -0.2) is 68.4 Å². The SMILES string of the molecule is CN(Cc1ccc(N(C)C)cc1)C(=O)COC(=O)C1CCN(C(=O)c2ccc(F)cc2F)CC1. The zero-order chi connectivity index (χ0) is 24.8. The van der Waals surface area contributed by atoms with E-state index < -0.39 is 29.4 Å². The van der Waals surface area contributed by atoms with E-state index in [-0.39, 0.29) is 31.2 Å². The van der Waals surface area contributed by atoms with Crippen molar-refractivity contribution in [1.29, 1.82) is 0 Å². The lowest BCUT2D eigenvalue weighted by atomic mass is 9.96. The van der Waals surface area contributed by atoms with E-state index in [4.69, 9.17) is 4.74 Å². The van der Waals surface area contributed by atoms with Gasteiger partial charge >= 0.3 is 5.97 Å². The van der Waals surface area contributed by atoms with Gasteiger partial charge in [-0.1, -0.05) is 12.1 Å². The van der Waals surface area contributed by atoms with Crippen molar-refractivity contribution in [1.82, 2.24) is 9.80 Å². The van der Waals surface area contributed by atoms with Gasteiger partial charge in [0.25, 0.3) is 11.8 Å². The number of carbonyl (C=O) groups is 3. The smallest absolute Gasteiger partial charge is 0.309 e. The van der Waals surface area contributed by atoms with Gasteiger partial charge in [-0.05, 0) is 42.7 Å². The zero-order valence-corrected chi connectivity index (χ0v) is 19.6. The largest absolute Gasteiger partial charge is 0.455 e. The second-order valence-corrected chi connectivity index (χ2v) is 8.61. The van der Waals surface area contributed by atoms with Crippen LogP contribution in [0.4, 0.5) is 14.5 Å². The topological polar surface area (TPSA) is 70.2 Å². The molecule has 2 aromatic rings. The van der Waals surface area contributed by atoms with E-state index in [0.717, 1.165) is 23.4 Å². The molecule has 182 valence electrons. The molecule has 0 spiro atoms. The highest BCUT2D eigenvalue weighted by Crippen LogP contribution is 2.22. The van der Waals surface area contributed by atoms with Crippen molar-refractivity contribution in [3.05, 3.63) is 65.2 Å². The Morgan fingerprint density at radius 3 is 2.24 bits per heavy atom. The first-order valence-electron chi connectivity index (χ1n) is 11.1. The van der Waals surface area contributed by atoms with Crippen molar-refractivity contribution in [2.75, 3.05) is 45.7 Å². The zero-order valence-electron chi connectivity index (χ0n) is 19.6. The highest BCUT2D eigenvalue weighted by Gasteiger charge is 2.30. The summed E-state index contributed by atoms with van der Waals surface area (Å²) in [6.07, 6.45) is 0.686. The van der Waals surface area contributed by atoms with Crippen LogP contribution < -0.4 is 4.90 Å². The first-order chi connectivity index (χ1) is 16.2. The highest BCUT2D eigenvalue weighted by atomic mass is 19.1. The van der Waals surface area contributed by atoms with Gasteiger partial charge < -0.3 is 19.4 Å². The van der Waals surface area contributed by atoms with Crippen LogP contribution in [0.2, 0.25) is 0 Å². The summed E-state index contributed by atoms with van der Waals surface area (Å²) in [6.45, 7) is 0.522. The van der Waals surface area contributed by atoms with Crippen LogP contribution in [0.15, 0.2) is 42.5 Å². The van der Waals surface area contributed by atoms with Crippen LogP contribution in [0.3, 0.4) is 0 Å². The first-order valence-corrected chi connectivity index (χ1v) is 11.1. The van der Waals surface area contributed by atoms with Gasteiger partial charge in [-0.3, -0.25) is 14.4 Å². The lowest BCUT2D eigenvalue weighted by Gasteiger charge is -2.31. The van der Waals surface area contributed by atoms with Gasteiger partial charge in [-0.15, -0.1) is 0 Å². The molecule has 2 aromatic carbocycles. The fourth-order valence-corrected chi connectivity index (χ4v) is 3.77. The Bertz CT molecular complexity index is 1030. The number of carbonyl (C=O) groups excluding carboxylic acids is 3. The van der Waals surface area contributed by atoms with Gasteiger partial charge in [-0.25, -0.2) is 8.78 Å². The maximum Gasteiger partial charge on any atom is 0.309 e. The minimum absolute atomic E-state index is 0.201. The van der Waals surface area contributed by atoms with E-state index in [0.29, 0.717) is 25.5 Å². The standard InChI is InChI=1S/C25H29F2N3O4/c1-28(2)20-7-4-17(5-8-20)15-29(3)23(31)16-34-25(33)18-10-12-30(13-11-18)24(32)21-9-6-19(26)14-22(21)27/h4-9,14,18H,10-13,15-16H2,1-3H3. The maximum atomic E-state index is 13.9. The number of piperidine rings is 1. The molecule has 0 atom stereocenters. The number of nitrogens with zero attached hydrogens (tertiary/aromatic N) is 3. The summed E-state index contributed by atoms with van der Waals surface area (Å²) in [4.78, 5) is 42.2. The predicted octanol–water partition coefficient (Wildman–Crippen LogP) is 3.08. The molecule has 1 fully saturated rings. The van der Waals surface area contributed by atoms with Crippen LogP contribution in [0, 0.1) is 17.6 Å². The molecule has 1 heterocycles. The molecule has 9 heteroatoms. The molecule has 0 aromatic heterocycles. The minimum Gasteiger partial charge on any atom is -0.455 e.